The minimum Gasteiger partial charge on any atom is -0.459 e. The normalized spacial score (nSPS) is 11.4. The van der Waals surface area contributed by atoms with E-state index in [0.717, 1.165) is 11.1 Å². The van der Waals surface area contributed by atoms with E-state index in [1.807, 2.05) is 45.0 Å². The number of rotatable bonds is 5. The molecule has 2 aromatic heterocycles. The second kappa shape index (κ2) is 9.11. The molecule has 0 spiro atoms. The quantitative estimate of drug-likeness (QED) is 0.370. The number of nitrogens with one attached hydrogen (secondary N) is 1. The number of anilines is 1. The summed E-state index contributed by atoms with van der Waals surface area (Å²) >= 11 is 6.11. The van der Waals surface area contributed by atoms with Crippen LogP contribution in [-0.2, 0) is 9.53 Å². The van der Waals surface area contributed by atoms with Crippen LogP contribution in [0.1, 0.15) is 20.8 Å². The zero-order valence-electron chi connectivity index (χ0n) is 18.4. The van der Waals surface area contributed by atoms with Crippen LogP contribution in [0.4, 0.5) is 10.2 Å². The highest BCUT2D eigenvalue weighted by Gasteiger charge is 2.17. The number of ether oxygens (including phenoxy) is 1. The number of carbonyl (C=O) groups excluding carboxylic acids is 1. The molecule has 0 bridgehead atoms. The standard InChI is InChI=1S/C25H22ClFN4O2/c1-25(2,3)33-22(32)13-29-24-19-11-15(6-9-21(19)30-14-31-24)17-5-4-10-28-23(17)18-12-16(26)7-8-20(18)27/h4-12,14H,13H2,1-3H3,(H,29,30,31). The van der Waals surface area contributed by atoms with E-state index in [0.29, 0.717) is 33.0 Å². The van der Waals surface area contributed by atoms with Crippen LogP contribution in [0.2, 0.25) is 5.02 Å². The number of nitrogens with zero attached hydrogens (tertiary/aromatic N) is 3. The maximum absolute atomic E-state index is 14.6. The third-order valence-electron chi connectivity index (χ3n) is 4.76. The van der Waals surface area contributed by atoms with Gasteiger partial charge in [-0.05, 0) is 62.7 Å². The first-order valence-corrected chi connectivity index (χ1v) is 10.7. The lowest BCUT2D eigenvalue weighted by Crippen LogP contribution is -2.28. The Morgan fingerprint density at radius 2 is 1.88 bits per heavy atom. The van der Waals surface area contributed by atoms with Crippen LogP contribution in [0.15, 0.2) is 61.1 Å². The predicted octanol–water partition coefficient (Wildman–Crippen LogP) is 5.90. The van der Waals surface area contributed by atoms with Crippen molar-refractivity contribution in [1.82, 2.24) is 15.0 Å². The van der Waals surface area contributed by atoms with E-state index in [9.17, 15) is 9.18 Å². The Morgan fingerprint density at radius 3 is 2.67 bits per heavy atom. The van der Waals surface area contributed by atoms with Gasteiger partial charge in [0.15, 0.2) is 0 Å². The summed E-state index contributed by atoms with van der Waals surface area (Å²) < 4.78 is 19.9. The SMILES string of the molecule is CC(C)(C)OC(=O)CNc1ncnc2ccc(-c3cccnc3-c3cc(Cl)ccc3F)cc12. The second-order valence-corrected chi connectivity index (χ2v) is 8.85. The molecule has 6 nitrogen and oxygen atoms in total. The van der Waals surface area contributed by atoms with Crippen LogP contribution in [0.25, 0.3) is 33.3 Å². The summed E-state index contributed by atoms with van der Waals surface area (Å²) in [5.41, 5.74) is 2.41. The van der Waals surface area contributed by atoms with E-state index in [4.69, 9.17) is 16.3 Å². The van der Waals surface area contributed by atoms with Gasteiger partial charge in [-0.3, -0.25) is 9.78 Å². The summed E-state index contributed by atoms with van der Waals surface area (Å²) in [6, 6.07) is 13.6. The predicted molar refractivity (Wildman–Crippen MR) is 128 cm³/mol. The molecular weight excluding hydrogens is 443 g/mol. The van der Waals surface area contributed by atoms with Gasteiger partial charge in [-0.1, -0.05) is 23.7 Å². The van der Waals surface area contributed by atoms with Crippen molar-refractivity contribution in [1.29, 1.82) is 0 Å². The molecule has 8 heteroatoms. The number of hydrogen-bond acceptors (Lipinski definition) is 6. The Labute approximate surface area is 195 Å². The van der Waals surface area contributed by atoms with Gasteiger partial charge in [-0.2, -0.15) is 0 Å². The molecule has 4 rings (SSSR count). The number of fused-ring (bicyclic) bond motifs is 1. The average molecular weight is 465 g/mol. The van der Waals surface area contributed by atoms with Crippen molar-refractivity contribution >= 4 is 34.3 Å². The van der Waals surface area contributed by atoms with Gasteiger partial charge in [0, 0.05) is 27.7 Å². The first-order valence-electron chi connectivity index (χ1n) is 10.3. The summed E-state index contributed by atoms with van der Waals surface area (Å²) in [5, 5.41) is 4.16. The molecule has 0 aliphatic carbocycles. The van der Waals surface area contributed by atoms with Crippen molar-refractivity contribution in [3.8, 4) is 22.4 Å². The van der Waals surface area contributed by atoms with Gasteiger partial charge in [-0.25, -0.2) is 14.4 Å². The molecule has 0 radical (unpaired) electrons. The molecule has 0 amide bonds. The van der Waals surface area contributed by atoms with Gasteiger partial charge < -0.3 is 10.1 Å². The third kappa shape index (κ3) is 5.26. The third-order valence-corrected chi connectivity index (χ3v) is 4.99. The van der Waals surface area contributed by atoms with E-state index < -0.39 is 17.4 Å². The largest absolute Gasteiger partial charge is 0.459 e. The molecule has 0 unspecified atom stereocenters. The molecule has 0 aliphatic heterocycles. The highest BCUT2D eigenvalue weighted by atomic mass is 35.5. The maximum Gasteiger partial charge on any atom is 0.325 e. The topological polar surface area (TPSA) is 77.0 Å². The lowest BCUT2D eigenvalue weighted by Gasteiger charge is -2.19. The van der Waals surface area contributed by atoms with E-state index in [1.54, 1.807) is 18.3 Å². The van der Waals surface area contributed by atoms with Crippen molar-refractivity contribution in [2.45, 2.75) is 26.4 Å². The monoisotopic (exact) mass is 464 g/mol. The first-order chi connectivity index (χ1) is 15.7. The molecule has 168 valence electrons. The van der Waals surface area contributed by atoms with Crippen molar-refractivity contribution in [2.75, 3.05) is 11.9 Å². The van der Waals surface area contributed by atoms with E-state index in [2.05, 4.69) is 20.3 Å². The fourth-order valence-corrected chi connectivity index (χ4v) is 3.60. The Kier molecular flexibility index (Phi) is 6.24. The molecule has 0 saturated carbocycles. The van der Waals surface area contributed by atoms with Gasteiger partial charge in [0.2, 0.25) is 0 Å². The Hall–Kier alpha value is -3.58. The number of benzene rings is 2. The van der Waals surface area contributed by atoms with Gasteiger partial charge in [0.1, 0.15) is 30.1 Å². The van der Waals surface area contributed by atoms with E-state index in [-0.39, 0.29) is 6.54 Å². The van der Waals surface area contributed by atoms with Crippen molar-refractivity contribution in [3.05, 3.63) is 71.9 Å². The highest BCUT2D eigenvalue weighted by molar-refractivity contribution is 6.30. The van der Waals surface area contributed by atoms with Crippen molar-refractivity contribution in [2.24, 2.45) is 0 Å². The fraction of sp³-hybridized carbons (Fsp3) is 0.200. The molecule has 33 heavy (non-hydrogen) atoms. The maximum atomic E-state index is 14.6. The van der Waals surface area contributed by atoms with E-state index >= 15 is 0 Å². The highest BCUT2D eigenvalue weighted by Crippen LogP contribution is 2.35. The van der Waals surface area contributed by atoms with Gasteiger partial charge in [0.25, 0.3) is 0 Å². The molecular formula is C25H22ClFN4O2. The van der Waals surface area contributed by atoms with Crippen molar-refractivity contribution < 1.29 is 13.9 Å². The summed E-state index contributed by atoms with van der Waals surface area (Å²) in [4.78, 5) is 25.2. The fourth-order valence-electron chi connectivity index (χ4n) is 3.43. The van der Waals surface area contributed by atoms with Crippen LogP contribution in [-0.4, -0.2) is 33.1 Å². The Balaban J connectivity index is 1.73. The smallest absolute Gasteiger partial charge is 0.325 e. The van der Waals surface area contributed by atoms with Crippen molar-refractivity contribution in [3.63, 3.8) is 0 Å². The summed E-state index contributed by atoms with van der Waals surface area (Å²) in [6.07, 6.45) is 3.04. The van der Waals surface area contributed by atoms with Crippen LogP contribution in [0.5, 0.6) is 0 Å². The van der Waals surface area contributed by atoms with Gasteiger partial charge >= 0.3 is 5.97 Å². The summed E-state index contributed by atoms with van der Waals surface area (Å²) in [7, 11) is 0. The molecule has 4 aromatic rings. The van der Waals surface area contributed by atoms with Gasteiger partial charge in [0.05, 0.1) is 11.2 Å². The van der Waals surface area contributed by atoms with E-state index in [1.165, 1.54) is 18.5 Å². The van der Waals surface area contributed by atoms with Crippen LogP contribution < -0.4 is 5.32 Å². The number of halogens is 2. The number of carbonyl (C=O) groups is 1. The number of hydrogen-bond donors (Lipinski definition) is 1. The Bertz CT molecular complexity index is 1340. The molecule has 0 aliphatic rings. The molecule has 2 aromatic carbocycles. The molecule has 0 saturated heterocycles. The summed E-state index contributed by atoms with van der Waals surface area (Å²) in [6.45, 7) is 5.39. The first kappa shape index (κ1) is 22.6. The van der Waals surface area contributed by atoms with Crippen LogP contribution >= 0.6 is 11.6 Å². The van der Waals surface area contributed by atoms with Crippen LogP contribution in [0.3, 0.4) is 0 Å². The molecule has 0 atom stereocenters. The number of esters is 1. The Morgan fingerprint density at radius 1 is 1.06 bits per heavy atom. The van der Waals surface area contributed by atoms with Gasteiger partial charge in [-0.15, -0.1) is 0 Å². The molecule has 1 N–H and O–H groups in total. The zero-order valence-corrected chi connectivity index (χ0v) is 19.2. The number of aromatic nitrogens is 3. The minimum absolute atomic E-state index is 0.0422. The molecule has 2 heterocycles. The second-order valence-electron chi connectivity index (χ2n) is 8.42. The minimum atomic E-state index is -0.577. The molecule has 0 fully saturated rings. The average Bonchev–Trinajstić information content (AvgIpc) is 2.78. The lowest BCUT2D eigenvalue weighted by molar-refractivity contribution is -0.152. The zero-order chi connectivity index (χ0) is 23.6. The summed E-state index contributed by atoms with van der Waals surface area (Å²) in [5.74, 6) is -0.313. The van der Waals surface area contributed by atoms with Crippen LogP contribution in [0, 0.1) is 5.82 Å². The number of pyridine rings is 1. The lowest BCUT2D eigenvalue weighted by atomic mass is 9.98.